The minimum Gasteiger partial charge on any atom is -0.411 e. The molecule has 0 aliphatic carbocycles. The van der Waals surface area contributed by atoms with Crippen molar-refractivity contribution in [3.63, 3.8) is 0 Å². The minimum absolute atomic E-state index is 0.0756. The average Bonchev–Trinajstić information content (AvgIpc) is 2.42. The van der Waals surface area contributed by atoms with Crippen molar-refractivity contribution < 1.29 is 14.6 Å². The Balaban J connectivity index is 2.13. The Labute approximate surface area is 111 Å². The summed E-state index contributed by atoms with van der Waals surface area (Å²) in [6.45, 7) is 2.22. The molecule has 0 aliphatic heterocycles. The topological polar surface area (TPSA) is 53.5 Å². The van der Waals surface area contributed by atoms with Gasteiger partial charge in [0.25, 0.3) is 0 Å². The number of hydrogen-bond donors (Lipinski definition) is 1. The Kier molecular flexibility index (Phi) is 4.03. The normalized spacial score (nSPS) is 10.8. The molecule has 0 spiro atoms. The van der Waals surface area contributed by atoms with Gasteiger partial charge in [0, 0.05) is 23.3 Å². The number of aryl methyl sites for hydroxylation is 1. The first-order chi connectivity index (χ1) is 9.20. The molecule has 0 radical (unpaired) electrons. The second-order valence-electron chi connectivity index (χ2n) is 4.29. The molecule has 0 atom stereocenters. The van der Waals surface area contributed by atoms with Crippen molar-refractivity contribution in [2.24, 2.45) is 5.16 Å². The highest BCUT2D eigenvalue weighted by Crippen LogP contribution is 2.07. The summed E-state index contributed by atoms with van der Waals surface area (Å²) in [7, 11) is 0. The van der Waals surface area contributed by atoms with E-state index in [4.69, 9.17) is 5.21 Å². The van der Waals surface area contributed by atoms with E-state index < -0.39 is 0 Å². The lowest BCUT2D eigenvalue weighted by molar-refractivity contribution is -0.683. The third kappa shape index (κ3) is 3.25. The van der Waals surface area contributed by atoms with E-state index in [1.54, 1.807) is 29.1 Å². The minimum atomic E-state index is 0.0756. The van der Waals surface area contributed by atoms with E-state index in [-0.39, 0.29) is 5.78 Å². The van der Waals surface area contributed by atoms with E-state index >= 15 is 0 Å². The van der Waals surface area contributed by atoms with Crippen LogP contribution in [-0.2, 0) is 6.54 Å². The summed E-state index contributed by atoms with van der Waals surface area (Å²) >= 11 is 0. The zero-order valence-electron chi connectivity index (χ0n) is 10.7. The van der Waals surface area contributed by atoms with Crippen LogP contribution in [0.5, 0.6) is 0 Å². The average molecular weight is 255 g/mol. The van der Waals surface area contributed by atoms with Crippen LogP contribution in [0.2, 0.25) is 0 Å². The molecule has 4 heteroatoms. The summed E-state index contributed by atoms with van der Waals surface area (Å²) in [5, 5.41) is 11.4. The molecule has 0 fully saturated rings. The summed E-state index contributed by atoms with van der Waals surface area (Å²) < 4.78 is 1.80. The van der Waals surface area contributed by atoms with Crippen LogP contribution in [0.4, 0.5) is 0 Å². The zero-order valence-corrected chi connectivity index (χ0v) is 10.7. The number of benzene rings is 1. The molecule has 96 valence electrons. The Hall–Kier alpha value is -2.49. The third-order valence-electron chi connectivity index (χ3n) is 2.90. The molecule has 0 saturated carbocycles. The van der Waals surface area contributed by atoms with E-state index in [0.29, 0.717) is 6.54 Å². The molecule has 1 aromatic carbocycles. The van der Waals surface area contributed by atoms with Crippen LogP contribution in [0.25, 0.3) is 0 Å². The summed E-state index contributed by atoms with van der Waals surface area (Å²) in [6, 6.07) is 11.1. The summed E-state index contributed by atoms with van der Waals surface area (Å²) in [4.78, 5) is 12.2. The van der Waals surface area contributed by atoms with Gasteiger partial charge in [0.2, 0.25) is 12.3 Å². The van der Waals surface area contributed by atoms with Gasteiger partial charge in [-0.25, -0.2) is 0 Å². The largest absolute Gasteiger partial charge is 0.411 e. The van der Waals surface area contributed by atoms with Gasteiger partial charge in [-0.2, -0.15) is 4.57 Å². The van der Waals surface area contributed by atoms with Crippen molar-refractivity contribution in [2.75, 3.05) is 0 Å². The maximum absolute atomic E-state index is 12.2. The first kappa shape index (κ1) is 13.0. The third-order valence-corrected chi connectivity index (χ3v) is 2.90. The molecule has 0 aliphatic rings. The molecule has 1 N–H and O–H groups in total. The van der Waals surface area contributed by atoms with Gasteiger partial charge >= 0.3 is 0 Å². The smallest absolute Gasteiger partial charge is 0.227 e. The highest BCUT2D eigenvalue weighted by atomic mass is 16.4. The molecule has 0 bridgehead atoms. The fraction of sp³-hybridized carbons (Fsp3) is 0.133. The zero-order chi connectivity index (χ0) is 13.7. The van der Waals surface area contributed by atoms with Crippen molar-refractivity contribution >= 4 is 12.0 Å². The molecule has 0 saturated heterocycles. The number of rotatable bonds is 4. The highest BCUT2D eigenvalue weighted by molar-refractivity contribution is 5.96. The van der Waals surface area contributed by atoms with E-state index in [1.807, 2.05) is 31.2 Å². The number of carbonyl (C=O) groups excluding carboxylic acids is 1. The lowest BCUT2D eigenvalue weighted by Gasteiger charge is -2.02. The molecule has 4 nitrogen and oxygen atoms in total. The van der Waals surface area contributed by atoms with Gasteiger partial charge in [0.05, 0.1) is 6.21 Å². The van der Waals surface area contributed by atoms with Crippen LogP contribution in [0.3, 0.4) is 0 Å². The van der Waals surface area contributed by atoms with E-state index in [0.717, 1.165) is 16.7 Å². The van der Waals surface area contributed by atoms with Gasteiger partial charge in [-0.15, -0.1) is 0 Å². The Morgan fingerprint density at radius 1 is 1.26 bits per heavy atom. The maximum atomic E-state index is 12.2. The van der Waals surface area contributed by atoms with Gasteiger partial charge in [0.1, 0.15) is 0 Å². The standard InChI is InChI=1S/C15H14N2O2/c1-12-4-2-3-5-14(12)15(18)11-17-8-6-13(7-9-17)10-16-19/h2-10H,11H2,1H3/p+1. The Bertz CT molecular complexity index is 604. The number of ketones is 1. The van der Waals surface area contributed by atoms with Crippen LogP contribution < -0.4 is 4.57 Å². The molecule has 0 amide bonds. The number of carbonyl (C=O) groups is 1. The van der Waals surface area contributed by atoms with Crippen LogP contribution in [0.15, 0.2) is 53.9 Å². The quantitative estimate of drug-likeness (QED) is 0.298. The molecular formula is C15H15N2O2+. The first-order valence-corrected chi connectivity index (χ1v) is 5.96. The van der Waals surface area contributed by atoms with Crippen LogP contribution >= 0.6 is 0 Å². The number of Topliss-reactive ketones (excluding diaryl/α,β-unsaturated/α-hetero) is 1. The van der Waals surface area contributed by atoms with Crippen LogP contribution in [0, 0.1) is 6.92 Å². The molecule has 19 heavy (non-hydrogen) atoms. The van der Waals surface area contributed by atoms with Crippen molar-refractivity contribution in [1.29, 1.82) is 0 Å². The second-order valence-corrected chi connectivity index (χ2v) is 4.29. The van der Waals surface area contributed by atoms with Crippen molar-refractivity contribution in [3.8, 4) is 0 Å². The molecular weight excluding hydrogens is 240 g/mol. The highest BCUT2D eigenvalue weighted by Gasteiger charge is 2.13. The lowest BCUT2D eigenvalue weighted by Crippen LogP contribution is -2.37. The van der Waals surface area contributed by atoms with E-state index in [1.165, 1.54) is 6.21 Å². The van der Waals surface area contributed by atoms with Gasteiger partial charge in [-0.3, -0.25) is 4.79 Å². The summed E-state index contributed by atoms with van der Waals surface area (Å²) in [5.74, 6) is 0.0756. The molecule has 2 aromatic rings. The maximum Gasteiger partial charge on any atom is 0.227 e. The predicted molar refractivity (Wildman–Crippen MR) is 71.5 cm³/mol. The van der Waals surface area contributed by atoms with Crippen LogP contribution in [0.1, 0.15) is 21.5 Å². The van der Waals surface area contributed by atoms with E-state index in [9.17, 15) is 4.79 Å². The SMILES string of the molecule is Cc1ccccc1C(=O)C[n+]1ccc(C=NO)cc1. The fourth-order valence-electron chi connectivity index (χ4n) is 1.86. The monoisotopic (exact) mass is 255 g/mol. The number of nitrogens with zero attached hydrogens (tertiary/aromatic N) is 2. The number of pyridine rings is 1. The first-order valence-electron chi connectivity index (χ1n) is 5.96. The van der Waals surface area contributed by atoms with Crippen molar-refractivity contribution in [3.05, 3.63) is 65.5 Å². The van der Waals surface area contributed by atoms with E-state index in [2.05, 4.69) is 5.16 Å². The predicted octanol–water partition coefficient (Wildman–Crippen LogP) is 1.97. The molecule has 1 aromatic heterocycles. The second kappa shape index (κ2) is 5.91. The lowest BCUT2D eigenvalue weighted by atomic mass is 10.1. The molecule has 0 unspecified atom stereocenters. The number of aromatic nitrogens is 1. The Morgan fingerprint density at radius 2 is 1.95 bits per heavy atom. The van der Waals surface area contributed by atoms with Crippen molar-refractivity contribution in [1.82, 2.24) is 0 Å². The summed E-state index contributed by atoms with van der Waals surface area (Å²) in [5.41, 5.74) is 2.51. The van der Waals surface area contributed by atoms with Gasteiger partial charge in [-0.05, 0) is 12.5 Å². The van der Waals surface area contributed by atoms with Crippen molar-refractivity contribution in [2.45, 2.75) is 13.5 Å². The molecule has 2 rings (SSSR count). The number of oxime groups is 1. The van der Waals surface area contributed by atoms with Crippen LogP contribution in [-0.4, -0.2) is 17.2 Å². The fourth-order valence-corrected chi connectivity index (χ4v) is 1.86. The summed E-state index contributed by atoms with van der Waals surface area (Å²) in [6.07, 6.45) is 4.91. The van der Waals surface area contributed by atoms with Gasteiger partial charge < -0.3 is 5.21 Å². The molecule has 1 heterocycles. The van der Waals surface area contributed by atoms with Gasteiger partial charge in [0.15, 0.2) is 12.4 Å². The number of hydrogen-bond acceptors (Lipinski definition) is 3. The van der Waals surface area contributed by atoms with Gasteiger partial charge in [-0.1, -0.05) is 29.4 Å². The Morgan fingerprint density at radius 3 is 2.58 bits per heavy atom.